The maximum atomic E-state index is 13.0. The zero-order valence-corrected chi connectivity index (χ0v) is 19.7. The molecule has 0 saturated carbocycles. The highest BCUT2D eigenvalue weighted by Crippen LogP contribution is 2.33. The molecule has 0 aliphatic carbocycles. The van der Waals surface area contributed by atoms with Gasteiger partial charge in [0.05, 0.1) is 17.6 Å². The van der Waals surface area contributed by atoms with Gasteiger partial charge in [-0.1, -0.05) is 37.0 Å². The van der Waals surface area contributed by atoms with Gasteiger partial charge in [-0.3, -0.25) is 9.80 Å². The Morgan fingerprint density at radius 2 is 1.76 bits per heavy atom. The largest absolute Gasteiger partial charge is 0.416 e. The number of hydrogen-bond acceptors (Lipinski definition) is 4. The lowest BCUT2D eigenvalue weighted by Gasteiger charge is -2.34. The molecule has 1 aliphatic rings. The van der Waals surface area contributed by atoms with Gasteiger partial charge in [0.25, 0.3) is 0 Å². The van der Waals surface area contributed by atoms with Crippen LogP contribution in [-0.2, 0) is 6.18 Å². The molecule has 1 aliphatic heterocycles. The number of halogens is 5. The monoisotopic (exact) mass is 502 g/mol. The Morgan fingerprint density at radius 3 is 2.30 bits per heavy atom. The number of quaternary nitrogens is 1. The van der Waals surface area contributed by atoms with Crippen LogP contribution in [-0.4, -0.2) is 42.0 Å². The Kier molecular flexibility index (Phi) is 7.76. The molecule has 0 amide bonds. The number of rotatable bonds is 6. The van der Waals surface area contributed by atoms with Crippen molar-refractivity contribution < 1.29 is 28.3 Å². The molecule has 0 aromatic heterocycles. The van der Waals surface area contributed by atoms with Gasteiger partial charge in [0.2, 0.25) is 5.82 Å². The van der Waals surface area contributed by atoms with E-state index in [0.29, 0.717) is 28.6 Å². The minimum Gasteiger partial charge on any atom is -0.387 e. The number of nitrogens with zero attached hydrogens (tertiary/aromatic N) is 2. The number of amidine groups is 1. The van der Waals surface area contributed by atoms with Crippen LogP contribution < -0.4 is 9.80 Å². The SMILES string of the molecule is CC(C)C(O)C[NH+](C)C1=CC(O)N(c2ccc(C(F)(F)F)cc2)C(c2ccc(Cl)cc2Cl)=N1. The second kappa shape index (κ2) is 10.0. The number of nitrogens with one attached hydrogen (secondary N) is 1. The Bertz CT molecular complexity index is 1060. The van der Waals surface area contributed by atoms with Crippen molar-refractivity contribution in [1.29, 1.82) is 0 Å². The lowest BCUT2D eigenvalue weighted by molar-refractivity contribution is -0.844. The normalized spacial score (nSPS) is 18.8. The van der Waals surface area contributed by atoms with E-state index in [4.69, 9.17) is 23.2 Å². The van der Waals surface area contributed by atoms with Gasteiger partial charge in [-0.2, -0.15) is 18.2 Å². The van der Waals surface area contributed by atoms with Gasteiger partial charge in [0.15, 0.2) is 6.23 Å². The van der Waals surface area contributed by atoms with Crippen LogP contribution >= 0.6 is 23.2 Å². The molecule has 33 heavy (non-hydrogen) atoms. The molecule has 0 bridgehead atoms. The third-order valence-electron chi connectivity index (χ3n) is 5.39. The fraction of sp³-hybridized carbons (Fsp3) is 0.348. The van der Waals surface area contributed by atoms with E-state index >= 15 is 0 Å². The maximum Gasteiger partial charge on any atom is 0.416 e. The molecular formula is C23H25Cl2F3N3O2+. The molecule has 2 aromatic rings. The number of anilines is 1. The molecule has 3 rings (SSSR count). The Morgan fingerprint density at radius 1 is 1.12 bits per heavy atom. The third-order valence-corrected chi connectivity index (χ3v) is 5.94. The summed E-state index contributed by atoms with van der Waals surface area (Å²) in [6, 6.07) is 9.19. The van der Waals surface area contributed by atoms with Gasteiger partial charge in [-0.05, 0) is 48.4 Å². The van der Waals surface area contributed by atoms with Crippen molar-refractivity contribution in [3.63, 3.8) is 0 Å². The van der Waals surface area contributed by atoms with Gasteiger partial charge in [0, 0.05) is 22.3 Å². The van der Waals surface area contributed by atoms with Crippen LogP contribution in [0.2, 0.25) is 10.0 Å². The number of hydrogen-bond donors (Lipinski definition) is 3. The van der Waals surface area contributed by atoms with Crippen molar-refractivity contribution >= 4 is 34.7 Å². The average Bonchev–Trinajstić information content (AvgIpc) is 2.72. The van der Waals surface area contributed by atoms with E-state index in [1.165, 1.54) is 29.2 Å². The second-order valence-corrected chi connectivity index (χ2v) is 9.08. The van der Waals surface area contributed by atoms with E-state index in [0.717, 1.165) is 17.0 Å². The van der Waals surface area contributed by atoms with Gasteiger partial charge in [-0.15, -0.1) is 0 Å². The third kappa shape index (κ3) is 5.88. The fourth-order valence-electron chi connectivity index (χ4n) is 3.38. The zero-order valence-electron chi connectivity index (χ0n) is 18.2. The standard InChI is InChI=1S/C23H24Cl2F3N3O2/c1-13(2)19(32)12-30(3)20-11-21(33)31(16-7-4-14(5-8-16)23(26,27)28)22(29-20)17-9-6-15(24)10-18(17)25/h4-11,13,19,21,32-33H,12H2,1-3H3/p+1. The van der Waals surface area contributed by atoms with Crippen molar-refractivity contribution in [1.82, 2.24) is 0 Å². The van der Waals surface area contributed by atoms with Crippen LogP contribution in [0.5, 0.6) is 0 Å². The predicted octanol–water partition coefficient (Wildman–Crippen LogP) is 3.97. The molecule has 5 nitrogen and oxygen atoms in total. The van der Waals surface area contributed by atoms with Crippen molar-refractivity contribution in [3.05, 3.63) is 75.5 Å². The van der Waals surface area contributed by atoms with Crippen molar-refractivity contribution in [2.45, 2.75) is 32.4 Å². The fourth-order valence-corrected chi connectivity index (χ4v) is 3.88. The maximum absolute atomic E-state index is 13.0. The summed E-state index contributed by atoms with van der Waals surface area (Å²) in [5, 5.41) is 21.9. The first-order valence-corrected chi connectivity index (χ1v) is 11.1. The van der Waals surface area contributed by atoms with E-state index in [1.807, 2.05) is 20.9 Å². The first-order valence-electron chi connectivity index (χ1n) is 10.3. The number of aliphatic hydroxyl groups excluding tert-OH is 2. The molecule has 10 heteroatoms. The minimum atomic E-state index is -4.48. The summed E-state index contributed by atoms with van der Waals surface area (Å²) in [7, 11) is 1.81. The van der Waals surface area contributed by atoms with Crippen LogP contribution in [0.15, 0.2) is 59.4 Å². The molecule has 1 heterocycles. The molecule has 3 atom stereocenters. The highest BCUT2D eigenvalue weighted by molar-refractivity contribution is 6.37. The molecule has 3 unspecified atom stereocenters. The summed E-state index contributed by atoms with van der Waals surface area (Å²) >= 11 is 12.4. The highest BCUT2D eigenvalue weighted by Gasteiger charge is 2.33. The topological polar surface area (TPSA) is 60.5 Å². The average molecular weight is 503 g/mol. The first kappa shape index (κ1) is 25.5. The molecule has 0 saturated heterocycles. The molecule has 2 aromatic carbocycles. The number of aliphatic imine (C=N–C) groups is 1. The van der Waals surface area contributed by atoms with Gasteiger partial charge in [-0.25, -0.2) is 0 Å². The first-order chi connectivity index (χ1) is 15.4. The lowest BCUT2D eigenvalue weighted by Crippen LogP contribution is -3.08. The molecule has 3 N–H and O–H groups in total. The van der Waals surface area contributed by atoms with Crippen LogP contribution in [0.3, 0.4) is 0 Å². The van der Waals surface area contributed by atoms with Crippen LogP contribution in [0.1, 0.15) is 25.0 Å². The summed E-state index contributed by atoms with van der Waals surface area (Å²) < 4.78 is 39.1. The minimum absolute atomic E-state index is 0.0341. The molecular weight excluding hydrogens is 478 g/mol. The van der Waals surface area contributed by atoms with E-state index < -0.39 is 24.1 Å². The van der Waals surface area contributed by atoms with E-state index in [2.05, 4.69) is 4.99 Å². The van der Waals surface area contributed by atoms with E-state index in [9.17, 15) is 23.4 Å². The van der Waals surface area contributed by atoms with Gasteiger partial charge < -0.3 is 10.2 Å². The molecule has 0 spiro atoms. The van der Waals surface area contributed by atoms with Crippen LogP contribution in [0.25, 0.3) is 0 Å². The summed E-state index contributed by atoms with van der Waals surface area (Å²) in [5.41, 5.74) is -0.0536. The van der Waals surface area contributed by atoms with E-state index in [-0.39, 0.29) is 16.8 Å². The van der Waals surface area contributed by atoms with Crippen molar-refractivity contribution in [2.75, 3.05) is 18.5 Å². The van der Waals surface area contributed by atoms with Crippen LogP contribution in [0.4, 0.5) is 18.9 Å². The summed E-state index contributed by atoms with van der Waals surface area (Å²) in [6.07, 6.45) is -4.81. The molecule has 178 valence electrons. The Hall–Kier alpha value is -2.10. The Balaban J connectivity index is 2.06. The zero-order chi connectivity index (χ0) is 24.5. The highest BCUT2D eigenvalue weighted by atomic mass is 35.5. The van der Waals surface area contributed by atoms with E-state index in [1.54, 1.807) is 12.1 Å². The number of alkyl halides is 3. The Labute approximate surface area is 200 Å². The summed E-state index contributed by atoms with van der Waals surface area (Å²) in [4.78, 5) is 6.83. The quantitative estimate of drug-likeness (QED) is 0.560. The van der Waals surface area contributed by atoms with Gasteiger partial charge >= 0.3 is 6.18 Å². The van der Waals surface area contributed by atoms with Gasteiger partial charge in [0.1, 0.15) is 18.5 Å². The number of likely N-dealkylation sites (N-methyl/N-ethyl adjacent to an activating group) is 1. The molecule has 0 fully saturated rings. The summed E-state index contributed by atoms with van der Waals surface area (Å²) in [5.74, 6) is 0.748. The smallest absolute Gasteiger partial charge is 0.387 e. The second-order valence-electron chi connectivity index (χ2n) is 8.24. The molecule has 0 radical (unpaired) electrons. The van der Waals surface area contributed by atoms with Crippen molar-refractivity contribution in [2.24, 2.45) is 10.9 Å². The summed E-state index contributed by atoms with van der Waals surface area (Å²) in [6.45, 7) is 4.15. The number of benzene rings is 2. The number of aliphatic hydroxyl groups is 2. The van der Waals surface area contributed by atoms with Crippen molar-refractivity contribution in [3.8, 4) is 0 Å². The van der Waals surface area contributed by atoms with Crippen LogP contribution in [0, 0.1) is 5.92 Å². The predicted molar refractivity (Wildman–Crippen MR) is 124 cm³/mol. The lowest BCUT2D eigenvalue weighted by atomic mass is 10.1.